The summed E-state index contributed by atoms with van der Waals surface area (Å²) in [6.45, 7) is 2.93. The molecule has 2 N–H and O–H groups in total. The molecule has 0 spiro atoms. The smallest absolute Gasteiger partial charge is 0.142 e. The molecule has 0 saturated carbocycles. The molecular weight excluding hydrogens is 360 g/mol. The Bertz CT molecular complexity index is 963. The van der Waals surface area contributed by atoms with Crippen LogP contribution in [0.5, 0.6) is 5.75 Å². The summed E-state index contributed by atoms with van der Waals surface area (Å²) >= 11 is 0. The van der Waals surface area contributed by atoms with Gasteiger partial charge in [0, 0.05) is 11.8 Å². The number of nitriles is 1. The van der Waals surface area contributed by atoms with Crippen LogP contribution in [0, 0.1) is 11.3 Å². The maximum Gasteiger partial charge on any atom is 0.142 e. The van der Waals surface area contributed by atoms with E-state index in [1.165, 1.54) is 25.7 Å². The molecule has 3 rings (SSSR count). The zero-order chi connectivity index (χ0) is 20.5. The lowest BCUT2D eigenvalue weighted by atomic mass is 9.99. The first kappa shape index (κ1) is 20.3. The zero-order valence-corrected chi connectivity index (χ0v) is 16.8. The van der Waals surface area contributed by atoms with Crippen LogP contribution >= 0.6 is 0 Å². The van der Waals surface area contributed by atoms with Crippen molar-refractivity contribution in [1.29, 1.82) is 5.26 Å². The number of anilines is 1. The maximum absolute atomic E-state index is 9.57. The molecule has 5 heteroatoms. The Morgan fingerprint density at radius 1 is 1.00 bits per heavy atom. The highest BCUT2D eigenvalue weighted by molar-refractivity contribution is 5.79. The lowest BCUT2D eigenvalue weighted by Gasteiger charge is -2.11. The average Bonchev–Trinajstić information content (AvgIpc) is 2.76. The van der Waals surface area contributed by atoms with Gasteiger partial charge in [0.15, 0.2) is 0 Å². The van der Waals surface area contributed by atoms with E-state index in [0.29, 0.717) is 17.0 Å². The number of unbranched alkanes of at least 4 members (excludes halogenated alkanes) is 4. The van der Waals surface area contributed by atoms with Gasteiger partial charge in [-0.3, -0.25) is 4.98 Å². The van der Waals surface area contributed by atoms with E-state index in [1.807, 2.05) is 48.5 Å². The van der Waals surface area contributed by atoms with Gasteiger partial charge >= 0.3 is 0 Å². The number of nitrogens with zero attached hydrogens (tertiary/aromatic N) is 3. The Labute approximate surface area is 172 Å². The monoisotopic (exact) mass is 386 g/mol. The molecule has 2 heterocycles. The largest absolute Gasteiger partial charge is 0.494 e. The second-order valence-electron chi connectivity index (χ2n) is 6.93. The van der Waals surface area contributed by atoms with Gasteiger partial charge in [0.1, 0.15) is 23.2 Å². The van der Waals surface area contributed by atoms with Crippen molar-refractivity contribution in [2.24, 2.45) is 0 Å². The molecule has 0 aliphatic carbocycles. The zero-order valence-electron chi connectivity index (χ0n) is 16.8. The first-order chi connectivity index (χ1) is 14.2. The number of rotatable bonds is 9. The summed E-state index contributed by atoms with van der Waals surface area (Å²) in [6.07, 6.45) is 7.76. The molecule has 0 aliphatic heterocycles. The maximum atomic E-state index is 9.57. The van der Waals surface area contributed by atoms with Gasteiger partial charge in [-0.25, -0.2) is 4.98 Å². The molecule has 148 valence electrons. The molecule has 0 aliphatic rings. The molecule has 0 radical (unpaired) electrons. The second kappa shape index (κ2) is 10.2. The van der Waals surface area contributed by atoms with E-state index in [0.717, 1.165) is 29.9 Å². The minimum atomic E-state index is 0.207. The third-order valence-electron chi connectivity index (χ3n) is 4.77. The molecule has 0 unspecified atom stereocenters. The highest BCUT2D eigenvalue weighted by Gasteiger charge is 2.14. The van der Waals surface area contributed by atoms with Gasteiger partial charge in [0.05, 0.1) is 18.0 Å². The van der Waals surface area contributed by atoms with E-state index in [2.05, 4.69) is 23.0 Å². The number of pyridine rings is 2. The fraction of sp³-hybridized carbons (Fsp3) is 0.292. The first-order valence-electron chi connectivity index (χ1n) is 10.1. The fourth-order valence-corrected chi connectivity index (χ4v) is 3.18. The number of aromatic nitrogens is 2. The Morgan fingerprint density at radius 2 is 1.79 bits per heavy atom. The normalized spacial score (nSPS) is 10.5. The summed E-state index contributed by atoms with van der Waals surface area (Å²) < 4.78 is 5.84. The minimum Gasteiger partial charge on any atom is -0.494 e. The van der Waals surface area contributed by atoms with Gasteiger partial charge in [-0.05, 0) is 42.3 Å². The van der Waals surface area contributed by atoms with Gasteiger partial charge in [0.25, 0.3) is 0 Å². The lowest BCUT2D eigenvalue weighted by Crippen LogP contribution is -2.00. The predicted octanol–water partition coefficient (Wildman–Crippen LogP) is 5.61. The van der Waals surface area contributed by atoms with Crippen LogP contribution in [-0.2, 0) is 0 Å². The van der Waals surface area contributed by atoms with Gasteiger partial charge in [-0.15, -0.1) is 0 Å². The quantitative estimate of drug-likeness (QED) is 0.483. The van der Waals surface area contributed by atoms with Gasteiger partial charge in [0.2, 0.25) is 0 Å². The molecule has 29 heavy (non-hydrogen) atoms. The molecule has 0 fully saturated rings. The Kier molecular flexibility index (Phi) is 7.18. The highest BCUT2D eigenvalue weighted by atomic mass is 16.5. The standard InChI is InChI=1S/C24H26N4O/c1-2-3-4-5-8-15-29-19-12-10-18(11-13-19)20-16-23(22-9-6-7-14-27-22)28-24(26)21(20)17-25/h6-7,9-14,16H,2-5,8,15H2,1H3,(H2,26,28). The summed E-state index contributed by atoms with van der Waals surface area (Å²) in [5.74, 6) is 1.03. The number of nitrogen functional groups attached to an aromatic ring is 1. The van der Waals surface area contributed by atoms with Gasteiger partial charge < -0.3 is 10.5 Å². The summed E-state index contributed by atoms with van der Waals surface area (Å²) in [6, 6.07) is 17.4. The summed E-state index contributed by atoms with van der Waals surface area (Å²) in [7, 11) is 0. The molecule has 0 bridgehead atoms. The SMILES string of the molecule is CCCCCCCOc1ccc(-c2cc(-c3ccccn3)nc(N)c2C#N)cc1. The van der Waals surface area contributed by atoms with Crippen molar-refractivity contribution in [3.8, 4) is 34.3 Å². The van der Waals surface area contributed by atoms with Crippen LogP contribution in [0.2, 0.25) is 0 Å². The van der Waals surface area contributed by atoms with Crippen LogP contribution < -0.4 is 10.5 Å². The van der Waals surface area contributed by atoms with Crippen molar-refractivity contribution in [2.75, 3.05) is 12.3 Å². The van der Waals surface area contributed by atoms with Crippen LogP contribution in [0.1, 0.15) is 44.6 Å². The average molecular weight is 386 g/mol. The number of nitrogens with two attached hydrogens (primary N) is 1. The van der Waals surface area contributed by atoms with Crippen molar-refractivity contribution in [3.05, 3.63) is 60.3 Å². The van der Waals surface area contributed by atoms with E-state index < -0.39 is 0 Å². The number of hydrogen-bond donors (Lipinski definition) is 1. The molecule has 3 aromatic rings. The molecular formula is C24H26N4O. The van der Waals surface area contributed by atoms with E-state index in [9.17, 15) is 5.26 Å². The second-order valence-corrected chi connectivity index (χ2v) is 6.93. The van der Waals surface area contributed by atoms with Crippen LogP contribution in [0.3, 0.4) is 0 Å². The Hall–Kier alpha value is -3.39. The molecule has 1 aromatic carbocycles. The molecule has 0 saturated heterocycles. The van der Waals surface area contributed by atoms with Crippen molar-refractivity contribution in [2.45, 2.75) is 39.0 Å². The topological polar surface area (TPSA) is 84.8 Å². The Morgan fingerprint density at radius 3 is 2.48 bits per heavy atom. The summed E-state index contributed by atoms with van der Waals surface area (Å²) in [4.78, 5) is 8.69. The predicted molar refractivity (Wildman–Crippen MR) is 116 cm³/mol. The lowest BCUT2D eigenvalue weighted by molar-refractivity contribution is 0.304. The Balaban J connectivity index is 1.77. The van der Waals surface area contributed by atoms with Crippen LogP contribution in [0.15, 0.2) is 54.7 Å². The number of benzene rings is 1. The van der Waals surface area contributed by atoms with E-state index in [1.54, 1.807) is 6.20 Å². The van der Waals surface area contributed by atoms with Crippen LogP contribution in [-0.4, -0.2) is 16.6 Å². The fourth-order valence-electron chi connectivity index (χ4n) is 3.18. The van der Waals surface area contributed by atoms with E-state index in [4.69, 9.17) is 10.5 Å². The van der Waals surface area contributed by atoms with Crippen LogP contribution in [0.4, 0.5) is 5.82 Å². The third-order valence-corrected chi connectivity index (χ3v) is 4.77. The van der Waals surface area contributed by atoms with Crippen molar-refractivity contribution >= 4 is 5.82 Å². The van der Waals surface area contributed by atoms with Crippen LogP contribution in [0.25, 0.3) is 22.5 Å². The van der Waals surface area contributed by atoms with Crippen molar-refractivity contribution in [1.82, 2.24) is 9.97 Å². The number of ether oxygens (including phenoxy) is 1. The summed E-state index contributed by atoms with van der Waals surface area (Å²) in [5, 5.41) is 9.57. The minimum absolute atomic E-state index is 0.207. The van der Waals surface area contributed by atoms with E-state index in [-0.39, 0.29) is 5.82 Å². The highest BCUT2D eigenvalue weighted by Crippen LogP contribution is 2.31. The van der Waals surface area contributed by atoms with Crippen molar-refractivity contribution in [3.63, 3.8) is 0 Å². The molecule has 5 nitrogen and oxygen atoms in total. The molecule has 2 aromatic heterocycles. The van der Waals surface area contributed by atoms with Crippen molar-refractivity contribution < 1.29 is 4.74 Å². The number of hydrogen-bond acceptors (Lipinski definition) is 5. The van der Waals surface area contributed by atoms with Gasteiger partial charge in [-0.1, -0.05) is 50.8 Å². The van der Waals surface area contributed by atoms with Gasteiger partial charge in [-0.2, -0.15) is 5.26 Å². The molecule has 0 amide bonds. The summed E-state index contributed by atoms with van der Waals surface area (Å²) in [5.41, 5.74) is 9.43. The third kappa shape index (κ3) is 5.32. The molecule has 0 atom stereocenters. The van der Waals surface area contributed by atoms with E-state index >= 15 is 0 Å². The first-order valence-corrected chi connectivity index (χ1v) is 10.1.